The summed E-state index contributed by atoms with van der Waals surface area (Å²) in [6, 6.07) is 0. The fourth-order valence-electron chi connectivity index (χ4n) is 11.3. The third kappa shape index (κ3) is 74.8. The molecule has 2 unspecified atom stereocenters. The van der Waals surface area contributed by atoms with Gasteiger partial charge >= 0.3 is 39.5 Å². The number of ether oxygens (including phenoxy) is 4. The lowest BCUT2D eigenvalue weighted by Crippen LogP contribution is -2.30. The second kappa shape index (κ2) is 75.7. The highest BCUT2D eigenvalue weighted by molar-refractivity contribution is 7.47. The molecular weight excluding hydrogens is 1330 g/mol. The maximum atomic E-state index is 13.1. The lowest BCUT2D eigenvalue weighted by Gasteiger charge is -2.21. The lowest BCUT2D eigenvalue weighted by molar-refractivity contribution is -0.161. The van der Waals surface area contributed by atoms with E-state index in [0.717, 1.165) is 122 Å². The fourth-order valence-corrected chi connectivity index (χ4v) is 12.9. The van der Waals surface area contributed by atoms with Gasteiger partial charge in [0.15, 0.2) is 12.2 Å². The Hall–Kier alpha value is -3.50. The summed E-state index contributed by atoms with van der Waals surface area (Å²) in [5.74, 6) is -2.23. The van der Waals surface area contributed by atoms with Gasteiger partial charge in [-0.15, -0.1) is 0 Å². The van der Waals surface area contributed by atoms with Gasteiger partial charge in [0.05, 0.1) is 26.4 Å². The van der Waals surface area contributed by atoms with Gasteiger partial charge < -0.3 is 33.8 Å². The smallest absolute Gasteiger partial charge is 0.462 e. The van der Waals surface area contributed by atoms with E-state index in [1.54, 1.807) is 0 Å². The molecular formula is C83H150O17P2. The Kier molecular flexibility index (Phi) is 73.1. The summed E-state index contributed by atoms with van der Waals surface area (Å²) in [5.41, 5.74) is 0. The molecule has 0 aromatic rings. The Balaban J connectivity index is 5.39. The van der Waals surface area contributed by atoms with Crippen LogP contribution in [0.15, 0.2) is 72.9 Å². The topological polar surface area (TPSA) is 237 Å². The molecule has 0 aliphatic carbocycles. The number of rotatable bonds is 78. The first kappa shape index (κ1) is 98.5. The van der Waals surface area contributed by atoms with Gasteiger partial charge in [-0.2, -0.15) is 0 Å². The van der Waals surface area contributed by atoms with Crippen LogP contribution in [0.5, 0.6) is 0 Å². The van der Waals surface area contributed by atoms with Crippen molar-refractivity contribution in [3.05, 3.63) is 72.9 Å². The van der Waals surface area contributed by atoms with Crippen LogP contribution in [0.3, 0.4) is 0 Å². The molecule has 0 aliphatic rings. The van der Waals surface area contributed by atoms with E-state index in [1.165, 1.54) is 167 Å². The molecule has 0 radical (unpaired) electrons. The zero-order valence-corrected chi connectivity index (χ0v) is 66.8. The molecule has 0 heterocycles. The van der Waals surface area contributed by atoms with Crippen LogP contribution < -0.4 is 0 Å². The third-order valence-electron chi connectivity index (χ3n) is 17.6. The number of aliphatic hydroxyl groups is 1. The molecule has 0 fully saturated rings. The monoisotopic (exact) mass is 1480 g/mol. The summed E-state index contributed by atoms with van der Waals surface area (Å²) in [5, 5.41) is 10.6. The van der Waals surface area contributed by atoms with Crippen molar-refractivity contribution in [3.63, 3.8) is 0 Å². The number of hydrogen-bond acceptors (Lipinski definition) is 15. The maximum Gasteiger partial charge on any atom is 0.472 e. The van der Waals surface area contributed by atoms with Crippen molar-refractivity contribution >= 4 is 39.5 Å². The summed E-state index contributed by atoms with van der Waals surface area (Å²) in [6.07, 6.45) is 77.4. The standard InChI is InChI=1S/C83H150O17P2/c1-5-9-13-17-21-25-29-33-37-38-42-46-50-54-58-62-66-70-83(88)100-79(74-94-81(86)68-64-60-56-52-48-44-40-35-31-27-23-19-15-11-7-3)76-98-102(91,92)96-72-77(84)71-95-101(89,90)97-75-78(99-82(87)69-65-61-57-53-49-45-41-36-32-28-24-20-16-12-8-4)73-93-80(85)67-63-59-55-51-47-43-39-34-30-26-22-18-14-10-6-2/h21,25,33-34,36-37,39,41-42,46,54,58,77-79,84H,5-20,22-24,26-32,35,38,40,43-45,47-53,55-57,59-76H2,1-4H3,(H,89,90)(H,91,92)/b25-21-,37-33-,39-34-,41-36-,46-42-,58-54-/t77-,78-,79-/m1/s1. The molecule has 0 aromatic heterocycles. The van der Waals surface area contributed by atoms with E-state index in [4.69, 9.17) is 37.0 Å². The van der Waals surface area contributed by atoms with E-state index >= 15 is 0 Å². The lowest BCUT2D eigenvalue weighted by atomic mass is 10.0. The Labute approximate surface area is 622 Å². The molecule has 0 amide bonds. The van der Waals surface area contributed by atoms with Gasteiger partial charge in [0, 0.05) is 25.7 Å². The van der Waals surface area contributed by atoms with Crippen LogP contribution in [0.25, 0.3) is 0 Å². The average Bonchev–Trinajstić information content (AvgIpc) is 0.917. The van der Waals surface area contributed by atoms with E-state index in [9.17, 15) is 43.2 Å². The molecule has 0 spiro atoms. The van der Waals surface area contributed by atoms with Crippen molar-refractivity contribution in [2.75, 3.05) is 39.6 Å². The number of unbranched alkanes of at least 4 members (excludes halogenated alkanes) is 40. The van der Waals surface area contributed by atoms with Gasteiger partial charge in [-0.05, 0) is 116 Å². The first-order chi connectivity index (χ1) is 49.7. The summed E-state index contributed by atoms with van der Waals surface area (Å²) in [4.78, 5) is 73.0. The predicted molar refractivity (Wildman–Crippen MR) is 418 cm³/mol. The summed E-state index contributed by atoms with van der Waals surface area (Å²) in [6.45, 7) is 4.83. The maximum absolute atomic E-state index is 13.1. The van der Waals surface area contributed by atoms with Gasteiger partial charge in [0.2, 0.25) is 0 Å². The highest BCUT2D eigenvalue weighted by Crippen LogP contribution is 2.45. The SMILES string of the molecule is CCCCC/C=C\C/C=C\C/C=C\C/C=C\CCCC(=O)O[C@H](COC(=O)CCCCCCCCCCCCCCCCC)COP(=O)(O)OC[C@H](O)COP(=O)(O)OC[C@@H](COC(=O)CCCCCCC/C=C\CCCCCCCC)OC(=O)CCCCCCC/C=C\CCCCCCCC. The summed E-state index contributed by atoms with van der Waals surface area (Å²) < 4.78 is 68.6. The van der Waals surface area contributed by atoms with Crippen LogP contribution in [-0.2, 0) is 65.4 Å². The van der Waals surface area contributed by atoms with Crippen molar-refractivity contribution in [1.29, 1.82) is 0 Å². The minimum atomic E-state index is -4.99. The molecule has 0 saturated heterocycles. The number of phosphoric ester groups is 2. The van der Waals surface area contributed by atoms with Crippen LogP contribution in [0.2, 0.25) is 0 Å². The highest BCUT2D eigenvalue weighted by atomic mass is 31.2. The third-order valence-corrected chi connectivity index (χ3v) is 19.5. The van der Waals surface area contributed by atoms with E-state index in [2.05, 4.69) is 88.5 Å². The van der Waals surface area contributed by atoms with Crippen molar-refractivity contribution in [1.82, 2.24) is 0 Å². The number of phosphoric acid groups is 2. The van der Waals surface area contributed by atoms with Gasteiger partial charge in [-0.25, -0.2) is 9.13 Å². The molecule has 0 bridgehead atoms. The van der Waals surface area contributed by atoms with Crippen LogP contribution in [0, 0.1) is 0 Å². The molecule has 0 rings (SSSR count). The van der Waals surface area contributed by atoms with Crippen LogP contribution >= 0.6 is 15.6 Å². The molecule has 102 heavy (non-hydrogen) atoms. The predicted octanol–water partition coefficient (Wildman–Crippen LogP) is 24.0. The minimum Gasteiger partial charge on any atom is -0.462 e. The molecule has 0 aromatic carbocycles. The molecule has 3 N–H and O–H groups in total. The highest BCUT2D eigenvalue weighted by Gasteiger charge is 2.30. The number of aliphatic hydroxyl groups excluding tert-OH is 1. The first-order valence-corrected chi connectivity index (χ1v) is 44.2. The molecule has 17 nitrogen and oxygen atoms in total. The van der Waals surface area contributed by atoms with E-state index in [-0.39, 0.29) is 25.7 Å². The summed E-state index contributed by atoms with van der Waals surface area (Å²) >= 11 is 0. The number of allylic oxidation sites excluding steroid dienone is 12. The van der Waals surface area contributed by atoms with Crippen molar-refractivity contribution in [3.8, 4) is 0 Å². The second-order valence-corrected chi connectivity index (χ2v) is 30.6. The normalized spacial score (nSPS) is 14.2. The molecule has 0 saturated carbocycles. The Morgan fingerprint density at radius 2 is 0.490 bits per heavy atom. The fraction of sp³-hybridized carbons (Fsp3) is 0.807. The molecule has 0 aliphatic heterocycles. The van der Waals surface area contributed by atoms with Crippen molar-refractivity contribution < 1.29 is 80.2 Å². The second-order valence-electron chi connectivity index (χ2n) is 27.7. The van der Waals surface area contributed by atoms with Gasteiger partial charge in [0.25, 0.3) is 0 Å². The van der Waals surface area contributed by atoms with E-state index in [0.29, 0.717) is 32.1 Å². The Morgan fingerprint density at radius 3 is 0.804 bits per heavy atom. The van der Waals surface area contributed by atoms with Gasteiger partial charge in [-0.3, -0.25) is 37.3 Å². The number of carbonyl (C=O) groups excluding carboxylic acids is 4. The number of carbonyl (C=O) groups is 4. The first-order valence-electron chi connectivity index (χ1n) is 41.2. The Morgan fingerprint density at radius 1 is 0.275 bits per heavy atom. The average molecular weight is 1480 g/mol. The zero-order chi connectivity index (χ0) is 74.6. The van der Waals surface area contributed by atoms with Crippen LogP contribution in [0.4, 0.5) is 0 Å². The minimum absolute atomic E-state index is 0.0230. The quantitative estimate of drug-likeness (QED) is 0.0169. The molecule has 19 heteroatoms. The van der Waals surface area contributed by atoms with Crippen molar-refractivity contribution in [2.24, 2.45) is 0 Å². The zero-order valence-electron chi connectivity index (χ0n) is 65.0. The molecule has 5 atom stereocenters. The number of hydrogen-bond donors (Lipinski definition) is 3. The van der Waals surface area contributed by atoms with Crippen LogP contribution in [-0.4, -0.2) is 96.7 Å². The van der Waals surface area contributed by atoms with Gasteiger partial charge in [-0.1, -0.05) is 306 Å². The summed E-state index contributed by atoms with van der Waals surface area (Å²) in [7, 11) is -9.97. The largest absolute Gasteiger partial charge is 0.472 e. The van der Waals surface area contributed by atoms with Gasteiger partial charge in [0.1, 0.15) is 19.3 Å². The Bertz CT molecular complexity index is 2210. The van der Waals surface area contributed by atoms with E-state index in [1.807, 2.05) is 12.2 Å². The van der Waals surface area contributed by atoms with E-state index < -0.39 is 97.5 Å². The molecule has 594 valence electrons. The van der Waals surface area contributed by atoms with Crippen LogP contribution in [0.1, 0.15) is 374 Å². The van der Waals surface area contributed by atoms with Crippen molar-refractivity contribution in [2.45, 2.75) is 393 Å². The number of esters is 4.